The monoisotopic (exact) mass is 355 g/mol. The second-order valence-corrected chi connectivity index (χ2v) is 6.69. The fourth-order valence-electron chi connectivity index (χ4n) is 2.61. The van der Waals surface area contributed by atoms with E-state index in [-0.39, 0.29) is 11.4 Å². The maximum atomic E-state index is 13.5. The van der Waals surface area contributed by atoms with E-state index < -0.39 is 11.9 Å². The SMILES string of the molecule is CCSc1c(-c2nc3cc(C)cnc3n2C)c(C(F)(F)F)nn1C. The van der Waals surface area contributed by atoms with Crippen LogP contribution in [-0.4, -0.2) is 30.1 Å². The number of thioether (sulfide) groups is 1. The minimum Gasteiger partial charge on any atom is -0.312 e. The summed E-state index contributed by atoms with van der Waals surface area (Å²) in [6.45, 7) is 3.75. The van der Waals surface area contributed by atoms with Crippen LogP contribution in [0.4, 0.5) is 13.2 Å². The van der Waals surface area contributed by atoms with Crippen LogP contribution in [0.25, 0.3) is 22.6 Å². The van der Waals surface area contributed by atoms with E-state index in [1.807, 2.05) is 19.9 Å². The predicted octanol–water partition coefficient (Wildman–Crippen LogP) is 3.81. The molecule has 0 N–H and O–H groups in total. The largest absolute Gasteiger partial charge is 0.435 e. The van der Waals surface area contributed by atoms with Crippen molar-refractivity contribution in [1.29, 1.82) is 0 Å². The second kappa shape index (κ2) is 5.80. The third kappa shape index (κ3) is 2.66. The van der Waals surface area contributed by atoms with Gasteiger partial charge >= 0.3 is 6.18 Å². The third-order valence-electron chi connectivity index (χ3n) is 3.61. The highest BCUT2D eigenvalue weighted by Gasteiger charge is 2.40. The van der Waals surface area contributed by atoms with Gasteiger partial charge in [0.1, 0.15) is 16.4 Å². The molecule has 0 aliphatic rings. The van der Waals surface area contributed by atoms with E-state index in [1.165, 1.54) is 23.5 Å². The Hall–Kier alpha value is -2.03. The molecule has 0 saturated heterocycles. The van der Waals surface area contributed by atoms with Gasteiger partial charge in [-0.1, -0.05) is 6.92 Å². The zero-order valence-electron chi connectivity index (χ0n) is 13.6. The lowest BCUT2D eigenvalue weighted by Crippen LogP contribution is -2.09. The molecule has 3 aromatic heterocycles. The number of hydrogen-bond donors (Lipinski definition) is 0. The number of imidazole rings is 1. The van der Waals surface area contributed by atoms with Gasteiger partial charge in [-0.25, -0.2) is 9.97 Å². The normalized spacial score (nSPS) is 12.3. The Bertz CT molecular complexity index is 910. The van der Waals surface area contributed by atoms with Crippen LogP contribution in [0.15, 0.2) is 17.3 Å². The van der Waals surface area contributed by atoms with Gasteiger partial charge in [-0.3, -0.25) is 4.68 Å². The molecular weight excluding hydrogens is 339 g/mol. The molecule has 0 aliphatic heterocycles. The van der Waals surface area contributed by atoms with Crippen molar-refractivity contribution in [3.8, 4) is 11.4 Å². The molecule has 0 saturated carbocycles. The number of alkyl halides is 3. The first-order valence-corrected chi connectivity index (χ1v) is 8.29. The Labute approximate surface area is 140 Å². The fourth-order valence-corrected chi connectivity index (χ4v) is 3.44. The quantitative estimate of drug-likeness (QED) is 0.671. The van der Waals surface area contributed by atoms with Crippen molar-refractivity contribution in [2.75, 3.05) is 5.75 Å². The zero-order valence-corrected chi connectivity index (χ0v) is 14.5. The van der Waals surface area contributed by atoms with Gasteiger partial charge in [-0.05, 0) is 24.3 Å². The minimum absolute atomic E-state index is 0.00926. The Kier molecular flexibility index (Phi) is 4.06. The molecule has 5 nitrogen and oxygen atoms in total. The lowest BCUT2D eigenvalue weighted by atomic mass is 10.2. The maximum absolute atomic E-state index is 13.5. The van der Waals surface area contributed by atoms with Gasteiger partial charge in [-0.2, -0.15) is 18.3 Å². The van der Waals surface area contributed by atoms with Gasteiger partial charge in [0.05, 0.1) is 5.56 Å². The number of aromatic nitrogens is 5. The van der Waals surface area contributed by atoms with E-state index in [0.717, 1.165) is 5.56 Å². The fraction of sp³-hybridized carbons (Fsp3) is 0.400. The van der Waals surface area contributed by atoms with Crippen LogP contribution in [-0.2, 0) is 20.3 Å². The molecule has 0 spiro atoms. The van der Waals surface area contributed by atoms with E-state index in [4.69, 9.17) is 0 Å². The average Bonchev–Trinajstić information content (AvgIpc) is 2.97. The highest BCUT2D eigenvalue weighted by Crippen LogP contribution is 2.41. The first-order valence-electron chi connectivity index (χ1n) is 7.30. The average molecular weight is 355 g/mol. The Morgan fingerprint density at radius 2 is 1.96 bits per heavy atom. The molecule has 0 aromatic carbocycles. The Morgan fingerprint density at radius 1 is 1.25 bits per heavy atom. The van der Waals surface area contributed by atoms with Crippen LogP contribution < -0.4 is 0 Å². The summed E-state index contributed by atoms with van der Waals surface area (Å²) in [7, 11) is 3.18. The molecule has 0 atom stereocenters. The number of fused-ring (bicyclic) bond motifs is 1. The molecule has 3 aromatic rings. The van der Waals surface area contributed by atoms with Gasteiger partial charge in [0.15, 0.2) is 11.3 Å². The molecule has 0 fully saturated rings. The van der Waals surface area contributed by atoms with Crippen LogP contribution in [0.1, 0.15) is 18.2 Å². The summed E-state index contributed by atoms with van der Waals surface area (Å²) in [4.78, 5) is 8.69. The molecule has 0 amide bonds. The summed E-state index contributed by atoms with van der Waals surface area (Å²) in [5.41, 5.74) is 1.10. The highest BCUT2D eigenvalue weighted by molar-refractivity contribution is 7.99. The van der Waals surface area contributed by atoms with Crippen molar-refractivity contribution in [1.82, 2.24) is 24.3 Å². The second-order valence-electron chi connectivity index (χ2n) is 5.43. The van der Waals surface area contributed by atoms with Crippen LogP contribution in [0.5, 0.6) is 0 Å². The number of nitrogens with zero attached hydrogens (tertiary/aromatic N) is 5. The number of halogens is 3. The first kappa shape index (κ1) is 16.8. The summed E-state index contributed by atoms with van der Waals surface area (Å²) in [6.07, 6.45) is -2.88. The van der Waals surface area contributed by atoms with E-state index in [2.05, 4.69) is 15.1 Å². The lowest BCUT2D eigenvalue weighted by Gasteiger charge is -2.08. The molecule has 0 bridgehead atoms. The lowest BCUT2D eigenvalue weighted by molar-refractivity contribution is -0.141. The van der Waals surface area contributed by atoms with Crippen molar-refractivity contribution in [2.24, 2.45) is 14.1 Å². The summed E-state index contributed by atoms with van der Waals surface area (Å²) in [5, 5.41) is 4.15. The molecule has 3 rings (SSSR count). The summed E-state index contributed by atoms with van der Waals surface area (Å²) >= 11 is 1.31. The number of pyridine rings is 1. The molecule has 0 aliphatic carbocycles. The topological polar surface area (TPSA) is 48.5 Å². The van der Waals surface area contributed by atoms with Gasteiger partial charge in [0, 0.05) is 20.3 Å². The predicted molar refractivity (Wildman–Crippen MR) is 86.8 cm³/mol. The highest BCUT2D eigenvalue weighted by atomic mass is 32.2. The first-order chi connectivity index (χ1) is 11.2. The van der Waals surface area contributed by atoms with Crippen molar-refractivity contribution in [3.63, 3.8) is 0 Å². The van der Waals surface area contributed by atoms with E-state index in [1.54, 1.807) is 17.8 Å². The van der Waals surface area contributed by atoms with Crippen LogP contribution in [0.3, 0.4) is 0 Å². The van der Waals surface area contributed by atoms with Crippen molar-refractivity contribution < 1.29 is 13.2 Å². The van der Waals surface area contributed by atoms with Crippen molar-refractivity contribution in [3.05, 3.63) is 23.5 Å². The Morgan fingerprint density at radius 3 is 2.58 bits per heavy atom. The molecule has 128 valence electrons. The summed E-state index contributed by atoms with van der Waals surface area (Å²) < 4.78 is 43.3. The minimum atomic E-state index is -4.55. The molecule has 3 heterocycles. The van der Waals surface area contributed by atoms with Gasteiger partial charge in [-0.15, -0.1) is 11.8 Å². The van der Waals surface area contributed by atoms with E-state index in [0.29, 0.717) is 21.9 Å². The van der Waals surface area contributed by atoms with Gasteiger partial charge in [0.25, 0.3) is 0 Å². The van der Waals surface area contributed by atoms with E-state index >= 15 is 0 Å². The van der Waals surface area contributed by atoms with Gasteiger partial charge in [0.2, 0.25) is 0 Å². The summed E-state index contributed by atoms with van der Waals surface area (Å²) in [6, 6.07) is 1.81. The standard InChI is InChI=1S/C15H16F3N5S/c1-5-24-14-10(11(15(16,17)18)21-23(14)4)13-20-9-6-8(2)7-19-12(9)22(13)3/h6-7H,5H2,1-4H3. The maximum Gasteiger partial charge on any atom is 0.435 e. The van der Waals surface area contributed by atoms with Crippen molar-refractivity contribution in [2.45, 2.75) is 25.0 Å². The Balaban J connectivity index is 2.34. The van der Waals surface area contributed by atoms with Crippen LogP contribution in [0, 0.1) is 6.92 Å². The number of hydrogen-bond acceptors (Lipinski definition) is 4. The van der Waals surface area contributed by atoms with E-state index in [9.17, 15) is 13.2 Å². The third-order valence-corrected chi connectivity index (χ3v) is 4.64. The molecule has 9 heteroatoms. The molecular formula is C15H16F3N5S. The zero-order chi connectivity index (χ0) is 17.6. The smallest absolute Gasteiger partial charge is 0.312 e. The van der Waals surface area contributed by atoms with Crippen LogP contribution in [0.2, 0.25) is 0 Å². The number of aryl methyl sites for hydroxylation is 3. The molecule has 0 radical (unpaired) electrons. The molecule has 0 unspecified atom stereocenters. The number of rotatable bonds is 3. The van der Waals surface area contributed by atoms with Crippen LogP contribution >= 0.6 is 11.8 Å². The summed E-state index contributed by atoms with van der Waals surface area (Å²) in [5.74, 6) is 0.852. The van der Waals surface area contributed by atoms with Gasteiger partial charge < -0.3 is 4.57 Å². The van der Waals surface area contributed by atoms with Crippen molar-refractivity contribution >= 4 is 22.9 Å². The molecule has 24 heavy (non-hydrogen) atoms.